The maximum atomic E-state index is 2.39. The highest BCUT2D eigenvalue weighted by Crippen LogP contribution is 2.36. The number of benzene rings is 10. The lowest BCUT2D eigenvalue weighted by molar-refractivity contribution is 1.26. The number of hydrogen-bond acceptors (Lipinski definition) is 1. The zero-order valence-corrected chi connectivity index (χ0v) is 39.6. The predicted molar refractivity (Wildman–Crippen MR) is 285 cm³/mol. The third kappa shape index (κ3) is 7.97. The largest absolute Gasteiger partial charge is 0.179 e. The third-order valence-corrected chi connectivity index (χ3v) is 24.1. The highest BCUT2D eigenvalue weighted by Gasteiger charge is 2.42. The fourth-order valence-corrected chi connectivity index (χ4v) is 20.4. The van der Waals surface area contributed by atoms with E-state index in [1.54, 1.807) is 0 Å². The van der Waals surface area contributed by atoms with Gasteiger partial charge in [0.1, 0.15) is 0 Å². The van der Waals surface area contributed by atoms with Gasteiger partial charge in [-0.3, -0.25) is 0 Å². The molecule has 0 N–H and O–H groups in total. The van der Waals surface area contributed by atoms with Crippen molar-refractivity contribution in [2.75, 3.05) is 0 Å². The van der Waals surface area contributed by atoms with Crippen LogP contribution in [0.4, 0.5) is 0 Å². The first-order valence-electron chi connectivity index (χ1n) is 22.5. The molecule has 0 aliphatic rings. The summed E-state index contributed by atoms with van der Waals surface area (Å²) in [7, 11) is -5.14. The van der Waals surface area contributed by atoms with Crippen LogP contribution in [0, 0.1) is 13.8 Å². The highest BCUT2D eigenvalue weighted by atomic mass is 32.2. The van der Waals surface area contributed by atoms with E-state index in [-0.39, 0.29) is 0 Å². The van der Waals surface area contributed by atoms with Crippen molar-refractivity contribution in [3.8, 4) is 22.3 Å². The fourth-order valence-electron chi connectivity index (χ4n) is 9.96. The molecule has 0 aliphatic carbocycles. The zero-order valence-electron chi connectivity index (χ0n) is 36.8. The minimum absolute atomic E-state index is 1.23. The second-order valence-electron chi connectivity index (χ2n) is 16.9. The Bertz CT molecular complexity index is 2730. The zero-order chi connectivity index (χ0) is 44.1. The van der Waals surface area contributed by atoms with Gasteiger partial charge in [0.15, 0.2) is 16.1 Å². The molecule has 3 heteroatoms. The molecule has 0 aliphatic heterocycles. The monoisotopic (exact) mass is 882 g/mol. The minimum Gasteiger partial charge on any atom is -0.0895 e. The van der Waals surface area contributed by atoms with Gasteiger partial charge in [-0.25, -0.2) is 0 Å². The molecule has 0 fully saturated rings. The average Bonchev–Trinajstić information content (AvgIpc) is 3.38. The van der Waals surface area contributed by atoms with Crippen LogP contribution in [0.15, 0.2) is 277 Å². The highest BCUT2D eigenvalue weighted by molar-refractivity contribution is 7.99. The summed E-state index contributed by atoms with van der Waals surface area (Å²) < 4.78 is 0. The fraction of sp³-hybridized carbons (Fsp3) is 0.0323. The van der Waals surface area contributed by atoms with Crippen LogP contribution in [-0.2, 0) is 0 Å². The number of rotatable bonds is 12. The Morgan fingerprint density at radius 2 is 0.446 bits per heavy atom. The van der Waals surface area contributed by atoms with Crippen molar-refractivity contribution in [1.82, 2.24) is 0 Å². The second-order valence-corrected chi connectivity index (χ2v) is 25.6. The summed E-state index contributed by atoms with van der Waals surface area (Å²) >= 11 is 1.86. The van der Waals surface area contributed by atoms with Crippen molar-refractivity contribution in [2.24, 2.45) is 0 Å². The Morgan fingerprint density at radius 3 is 0.677 bits per heavy atom. The van der Waals surface area contributed by atoms with E-state index in [0.29, 0.717) is 0 Å². The first kappa shape index (κ1) is 42.0. The summed E-state index contributed by atoms with van der Waals surface area (Å²) in [6.45, 7) is 4.49. The van der Waals surface area contributed by atoms with Gasteiger partial charge in [0.25, 0.3) is 0 Å². The lowest BCUT2D eigenvalue weighted by atomic mass is 10.0. The Kier molecular flexibility index (Phi) is 12.0. The molecule has 10 rings (SSSR count). The number of aryl methyl sites for hydroxylation is 2. The number of hydrogen-bond donors (Lipinski definition) is 0. The summed E-state index contributed by atoms with van der Waals surface area (Å²) in [6.07, 6.45) is 0. The van der Waals surface area contributed by atoms with Crippen LogP contribution in [0.25, 0.3) is 22.3 Å². The first-order valence-corrected chi connectivity index (χ1v) is 27.3. The van der Waals surface area contributed by atoms with Gasteiger partial charge >= 0.3 is 0 Å². The standard InChI is InChI=1S/C62H50SSi2/c1-47-45-51(49-33-39-59(40-34-49)64(53-21-9-3-10-22-53,54-23-11-4-12-24-54)55-25-13-5-14-26-55)37-43-61(47)63-62-44-38-52(46-48(62)2)50-35-41-60(42-36-50)65(56-27-15-6-16-28-56,57-29-17-7-18-30-57)58-31-19-8-20-32-58/h3-46H,1-2H3. The molecule has 0 radical (unpaired) electrons. The van der Waals surface area contributed by atoms with E-state index in [1.807, 2.05) is 11.8 Å². The van der Waals surface area contributed by atoms with Gasteiger partial charge in [-0.05, 0) is 101 Å². The Labute approximate surface area is 391 Å². The lowest BCUT2D eigenvalue weighted by Gasteiger charge is -2.34. The summed E-state index contributed by atoms with van der Waals surface area (Å²) in [5, 5.41) is 11.1. The van der Waals surface area contributed by atoms with Crippen LogP contribution in [0.5, 0.6) is 0 Å². The third-order valence-electron chi connectivity index (χ3n) is 13.1. The van der Waals surface area contributed by atoms with Crippen LogP contribution in [0.3, 0.4) is 0 Å². The van der Waals surface area contributed by atoms with Gasteiger partial charge in [0.05, 0.1) is 0 Å². The Morgan fingerprint density at radius 1 is 0.231 bits per heavy atom. The van der Waals surface area contributed by atoms with Crippen molar-refractivity contribution >= 4 is 69.4 Å². The van der Waals surface area contributed by atoms with Gasteiger partial charge in [-0.2, -0.15) is 0 Å². The van der Waals surface area contributed by atoms with E-state index >= 15 is 0 Å². The van der Waals surface area contributed by atoms with Crippen LogP contribution in [-0.4, -0.2) is 16.1 Å². The topological polar surface area (TPSA) is 0 Å². The van der Waals surface area contributed by atoms with E-state index < -0.39 is 16.1 Å². The lowest BCUT2D eigenvalue weighted by Crippen LogP contribution is -2.74. The first-order chi connectivity index (χ1) is 32.0. The molecule has 65 heavy (non-hydrogen) atoms. The molecule has 0 saturated carbocycles. The second kappa shape index (κ2) is 18.6. The van der Waals surface area contributed by atoms with E-state index in [2.05, 4.69) is 281 Å². The molecule has 0 heterocycles. The van der Waals surface area contributed by atoms with Crippen molar-refractivity contribution < 1.29 is 0 Å². The van der Waals surface area contributed by atoms with Gasteiger partial charge in [0.2, 0.25) is 0 Å². The molecule has 0 spiro atoms. The van der Waals surface area contributed by atoms with E-state index in [0.717, 1.165) is 0 Å². The molecule has 0 bridgehead atoms. The van der Waals surface area contributed by atoms with E-state index in [1.165, 1.54) is 84.7 Å². The van der Waals surface area contributed by atoms with Crippen molar-refractivity contribution in [3.05, 3.63) is 278 Å². The summed E-state index contributed by atoms with van der Waals surface area (Å²) in [6, 6.07) is 99.6. The van der Waals surface area contributed by atoms with Crippen LogP contribution < -0.4 is 41.5 Å². The molecule has 312 valence electrons. The molecule has 10 aromatic rings. The Hall–Kier alpha value is -7.02. The van der Waals surface area contributed by atoms with Crippen LogP contribution in [0.1, 0.15) is 11.1 Å². The molecule has 0 saturated heterocycles. The maximum Gasteiger partial charge on any atom is 0.179 e. The molecule has 0 amide bonds. The molecule has 0 nitrogen and oxygen atoms in total. The molecule has 10 aromatic carbocycles. The van der Waals surface area contributed by atoms with Crippen LogP contribution in [0.2, 0.25) is 0 Å². The average molecular weight is 883 g/mol. The van der Waals surface area contributed by atoms with Gasteiger partial charge < -0.3 is 0 Å². The molecular weight excluding hydrogens is 833 g/mol. The van der Waals surface area contributed by atoms with Gasteiger partial charge in [-0.15, -0.1) is 0 Å². The smallest absolute Gasteiger partial charge is 0.0895 e. The van der Waals surface area contributed by atoms with Crippen LogP contribution >= 0.6 is 11.8 Å². The molecule has 0 atom stereocenters. The predicted octanol–water partition coefficient (Wildman–Crippen LogP) is 10.5. The normalized spacial score (nSPS) is 11.6. The van der Waals surface area contributed by atoms with Gasteiger partial charge in [-0.1, -0.05) is 267 Å². The van der Waals surface area contributed by atoms with Crippen molar-refractivity contribution in [3.63, 3.8) is 0 Å². The summed E-state index contributed by atoms with van der Waals surface area (Å²) in [5.74, 6) is 0. The summed E-state index contributed by atoms with van der Waals surface area (Å²) in [5.41, 5.74) is 7.49. The maximum absolute atomic E-state index is 2.57. The molecular formula is C62H50SSi2. The van der Waals surface area contributed by atoms with Gasteiger partial charge in [0, 0.05) is 9.79 Å². The SMILES string of the molecule is Cc1cc(-c2ccc([Si](c3ccccc3)(c3ccccc3)c3ccccc3)cc2)ccc1Sc1ccc(-c2ccc([Si](c3ccccc3)(c3ccccc3)c3ccccc3)cc2)cc1C. The molecule has 0 aromatic heterocycles. The quantitative estimate of drug-likeness (QED) is 0.0870. The minimum atomic E-state index is -2.57. The van der Waals surface area contributed by atoms with E-state index in [9.17, 15) is 0 Å². The van der Waals surface area contributed by atoms with E-state index in [4.69, 9.17) is 0 Å². The molecule has 0 unspecified atom stereocenters. The summed E-state index contributed by atoms with van der Waals surface area (Å²) in [4.78, 5) is 2.55. The van der Waals surface area contributed by atoms with Crippen molar-refractivity contribution in [2.45, 2.75) is 23.6 Å². The Balaban J connectivity index is 0.921. The van der Waals surface area contributed by atoms with Crippen molar-refractivity contribution in [1.29, 1.82) is 0 Å².